The van der Waals surface area contributed by atoms with Crippen molar-refractivity contribution < 1.29 is 67.5 Å². The zero-order valence-corrected chi connectivity index (χ0v) is 30.3. The van der Waals surface area contributed by atoms with Gasteiger partial charge in [-0.25, -0.2) is 0 Å². The molecular formula is C32H54N4O14S. The van der Waals surface area contributed by atoms with Crippen LogP contribution in [0.5, 0.6) is 0 Å². The number of aliphatic hydroxyl groups excluding tert-OH is 1. The van der Waals surface area contributed by atoms with Crippen molar-refractivity contribution in [1.29, 1.82) is 0 Å². The molecular weight excluding hydrogens is 696 g/mol. The van der Waals surface area contributed by atoms with E-state index in [2.05, 4.69) is 10.6 Å². The summed E-state index contributed by atoms with van der Waals surface area (Å²) in [5.41, 5.74) is 5.45. The van der Waals surface area contributed by atoms with Gasteiger partial charge in [0.05, 0.1) is 37.8 Å². The lowest BCUT2D eigenvalue weighted by molar-refractivity contribution is -0.194. The number of nitrogens with two attached hydrogens (primary N) is 1. The number of Topliss-reactive ketones (excluding diaryl/α,β-unsaturated/α-hetero) is 1. The number of nitrogens with zero attached hydrogens (tertiary/aromatic N) is 1. The average molecular weight is 751 g/mol. The van der Waals surface area contributed by atoms with E-state index in [4.69, 9.17) is 34.5 Å². The van der Waals surface area contributed by atoms with Gasteiger partial charge in [0.1, 0.15) is 18.4 Å². The predicted molar refractivity (Wildman–Crippen MR) is 182 cm³/mol. The number of methoxy groups -OCH3 is 1. The Morgan fingerprint density at radius 3 is 2.24 bits per heavy atom. The number of aliphatic hydroxyl groups is 1. The number of esters is 1. The molecule has 0 spiro atoms. The fraction of sp³-hybridized carbons (Fsp3) is 0.781. The maximum atomic E-state index is 12.4. The number of ketones is 1. The summed E-state index contributed by atoms with van der Waals surface area (Å²) in [5.74, 6) is -3.14. The number of carboxylic acid groups (broad SMARTS) is 1. The number of imide groups is 1. The lowest BCUT2D eigenvalue weighted by atomic mass is 10.1. The number of amides is 4. The predicted octanol–water partition coefficient (Wildman–Crippen LogP) is -0.872. The van der Waals surface area contributed by atoms with Gasteiger partial charge in [0.2, 0.25) is 23.6 Å². The van der Waals surface area contributed by atoms with E-state index in [1.165, 1.54) is 7.11 Å². The number of carbonyl (C=O) groups is 7. The summed E-state index contributed by atoms with van der Waals surface area (Å²) in [5, 5.41) is 22.7. The zero-order valence-electron chi connectivity index (χ0n) is 29.5. The molecule has 6 N–H and O–H groups in total. The number of aliphatic carboxylic acids is 1. The van der Waals surface area contributed by atoms with Gasteiger partial charge in [0, 0.05) is 77.6 Å². The van der Waals surface area contributed by atoms with E-state index in [1.54, 1.807) is 0 Å². The molecule has 19 heteroatoms. The maximum Gasteiger partial charge on any atom is 0.321 e. The maximum absolute atomic E-state index is 12.4. The van der Waals surface area contributed by atoms with Crippen LogP contribution in [0.25, 0.3) is 0 Å². The first kappa shape index (κ1) is 45.8. The molecule has 51 heavy (non-hydrogen) atoms. The molecule has 0 aromatic heterocycles. The van der Waals surface area contributed by atoms with Crippen molar-refractivity contribution in [3.63, 3.8) is 0 Å². The normalized spacial score (nSPS) is 16.1. The molecule has 0 aromatic rings. The first-order chi connectivity index (χ1) is 24.4. The van der Waals surface area contributed by atoms with Gasteiger partial charge in [-0.1, -0.05) is 6.92 Å². The van der Waals surface area contributed by atoms with Gasteiger partial charge in [-0.15, -0.1) is 11.8 Å². The average Bonchev–Trinajstić information content (AvgIpc) is 3.38. The van der Waals surface area contributed by atoms with Gasteiger partial charge >= 0.3 is 11.9 Å². The van der Waals surface area contributed by atoms with E-state index >= 15 is 0 Å². The molecule has 1 aliphatic heterocycles. The number of hydrogen-bond donors (Lipinski definition) is 5. The summed E-state index contributed by atoms with van der Waals surface area (Å²) in [6.07, 6.45) is 0.571. The summed E-state index contributed by atoms with van der Waals surface area (Å²) < 4.78 is 26.5. The Morgan fingerprint density at radius 2 is 1.61 bits per heavy atom. The van der Waals surface area contributed by atoms with Crippen LogP contribution in [0, 0.1) is 0 Å². The molecule has 4 unspecified atom stereocenters. The highest BCUT2D eigenvalue weighted by molar-refractivity contribution is 8.00. The lowest BCUT2D eigenvalue weighted by Crippen LogP contribution is -2.35. The second-order valence-corrected chi connectivity index (χ2v) is 12.7. The highest BCUT2D eigenvalue weighted by Crippen LogP contribution is 2.25. The Kier molecular flexibility index (Phi) is 24.7. The van der Waals surface area contributed by atoms with E-state index < -0.39 is 47.4 Å². The van der Waals surface area contributed by atoms with Crippen molar-refractivity contribution in [1.82, 2.24) is 15.5 Å². The Labute approximate surface area is 302 Å². The summed E-state index contributed by atoms with van der Waals surface area (Å²) in [7, 11) is 1.40. The molecule has 0 radical (unpaired) electrons. The van der Waals surface area contributed by atoms with Crippen LogP contribution in [0.3, 0.4) is 0 Å². The Morgan fingerprint density at radius 1 is 0.941 bits per heavy atom. The van der Waals surface area contributed by atoms with E-state index in [0.29, 0.717) is 19.4 Å². The van der Waals surface area contributed by atoms with Crippen molar-refractivity contribution in [3.05, 3.63) is 0 Å². The topological polar surface area (TPSA) is 259 Å². The van der Waals surface area contributed by atoms with Crippen LogP contribution in [0.15, 0.2) is 0 Å². The van der Waals surface area contributed by atoms with Gasteiger partial charge in [-0.05, 0) is 19.3 Å². The van der Waals surface area contributed by atoms with Crippen molar-refractivity contribution >= 4 is 53.1 Å². The third kappa shape index (κ3) is 21.0. The molecule has 1 saturated heterocycles. The molecule has 0 saturated carbocycles. The Balaban J connectivity index is 1.99. The SMILES string of the molecule is CCC(CO)OC(COC(=O)CCCC(=O)NCCNC(=O)CCOCCOCCCC(=O)CCN1C(=O)CC(SCC(N)C(=O)O)C1=O)OC. The van der Waals surface area contributed by atoms with Gasteiger partial charge in [-0.3, -0.25) is 38.5 Å². The van der Waals surface area contributed by atoms with Crippen LogP contribution in [0.4, 0.5) is 0 Å². The molecule has 1 heterocycles. The molecule has 1 fully saturated rings. The monoisotopic (exact) mass is 750 g/mol. The molecule has 4 amide bonds. The molecule has 1 rings (SSSR count). The Bertz CT molecular complexity index is 1110. The molecule has 0 aliphatic carbocycles. The van der Waals surface area contributed by atoms with E-state index in [-0.39, 0.29) is 121 Å². The second kappa shape index (κ2) is 27.5. The number of carbonyl (C=O) groups excluding carboxylic acids is 6. The van der Waals surface area contributed by atoms with Gasteiger partial charge < -0.3 is 50.3 Å². The standard InChI is InChI=1S/C32H54N4O14S/c1-3-23(19-37)50-30(46-2)20-49-29(42)8-4-7-26(39)34-11-12-35-27(40)10-15-48-17-16-47-14-5-6-22(38)9-13-36-28(41)18-25(31(36)43)51-21-24(33)32(44)45/h23-25,30,37H,3-21,33H2,1-2H3,(H,34,39)(H,35,40)(H,44,45). The van der Waals surface area contributed by atoms with Crippen LogP contribution >= 0.6 is 11.8 Å². The minimum Gasteiger partial charge on any atom is -0.480 e. The highest BCUT2D eigenvalue weighted by atomic mass is 32.2. The zero-order chi connectivity index (χ0) is 38.0. The van der Waals surface area contributed by atoms with Crippen LogP contribution in [0.2, 0.25) is 0 Å². The third-order valence-corrected chi connectivity index (χ3v) is 8.72. The van der Waals surface area contributed by atoms with Crippen molar-refractivity contribution in [3.8, 4) is 0 Å². The minimum atomic E-state index is -1.18. The second-order valence-electron chi connectivity index (χ2n) is 11.5. The quantitative estimate of drug-likeness (QED) is 0.0250. The summed E-state index contributed by atoms with van der Waals surface area (Å²) >= 11 is 1.03. The first-order valence-corrected chi connectivity index (χ1v) is 18.1. The summed E-state index contributed by atoms with van der Waals surface area (Å²) in [6, 6.07) is -1.13. The van der Waals surface area contributed by atoms with Gasteiger partial charge in [-0.2, -0.15) is 0 Å². The fourth-order valence-corrected chi connectivity index (χ4v) is 5.49. The Hall–Kier alpha value is -3.20. The summed E-state index contributed by atoms with van der Waals surface area (Å²) in [4.78, 5) is 84.5. The van der Waals surface area contributed by atoms with Crippen LogP contribution in [0.1, 0.15) is 64.7 Å². The third-order valence-electron chi connectivity index (χ3n) is 7.40. The van der Waals surface area contributed by atoms with Crippen LogP contribution in [-0.4, -0.2) is 152 Å². The number of hydrogen-bond acceptors (Lipinski definition) is 15. The lowest BCUT2D eigenvalue weighted by Gasteiger charge is -2.21. The fourth-order valence-electron chi connectivity index (χ4n) is 4.38. The number of nitrogens with one attached hydrogen (secondary N) is 2. The van der Waals surface area contributed by atoms with E-state index in [0.717, 1.165) is 16.7 Å². The summed E-state index contributed by atoms with van der Waals surface area (Å²) in [6.45, 7) is 2.99. The molecule has 1 aliphatic rings. The molecule has 0 bridgehead atoms. The van der Waals surface area contributed by atoms with Crippen LogP contribution in [-0.2, 0) is 57.2 Å². The molecule has 292 valence electrons. The number of rotatable bonds is 31. The molecule has 0 aromatic carbocycles. The van der Waals surface area contributed by atoms with Crippen molar-refractivity contribution in [2.75, 3.05) is 72.1 Å². The minimum absolute atomic E-state index is 0.00354. The number of thioether (sulfide) groups is 1. The van der Waals surface area contributed by atoms with Crippen molar-refractivity contribution in [2.24, 2.45) is 5.73 Å². The highest BCUT2D eigenvalue weighted by Gasteiger charge is 2.39. The number of likely N-dealkylation sites (tertiary alicyclic amines) is 1. The van der Waals surface area contributed by atoms with Crippen LogP contribution < -0.4 is 16.4 Å². The van der Waals surface area contributed by atoms with Crippen molar-refractivity contribution in [2.45, 2.75) is 88.4 Å². The van der Waals surface area contributed by atoms with E-state index in [1.807, 2.05) is 6.92 Å². The van der Waals surface area contributed by atoms with Gasteiger partial charge in [0.25, 0.3) is 0 Å². The largest absolute Gasteiger partial charge is 0.480 e. The number of ether oxygens (including phenoxy) is 5. The smallest absolute Gasteiger partial charge is 0.321 e. The first-order valence-electron chi connectivity index (χ1n) is 17.0. The molecule has 18 nitrogen and oxygen atoms in total. The van der Waals surface area contributed by atoms with E-state index in [9.17, 15) is 38.7 Å². The van der Waals surface area contributed by atoms with Gasteiger partial charge in [0.15, 0.2) is 6.29 Å². The number of carboxylic acids is 1. The molecule has 4 atom stereocenters.